The number of aromatic amines is 1. The molecule has 0 radical (unpaired) electrons. The van der Waals surface area contributed by atoms with Gasteiger partial charge in [0.05, 0.1) is 17.2 Å². The van der Waals surface area contributed by atoms with Gasteiger partial charge in [-0.1, -0.05) is 17.7 Å². The lowest BCUT2D eigenvalue weighted by atomic mass is 10.0. The van der Waals surface area contributed by atoms with Gasteiger partial charge in [-0.05, 0) is 45.7 Å². The van der Waals surface area contributed by atoms with E-state index in [-0.39, 0.29) is 11.5 Å². The van der Waals surface area contributed by atoms with E-state index in [1.165, 1.54) is 0 Å². The smallest absolute Gasteiger partial charge is 0.257 e. The maximum atomic E-state index is 12.7. The predicted molar refractivity (Wildman–Crippen MR) is 85.8 cm³/mol. The summed E-state index contributed by atoms with van der Waals surface area (Å²) in [5.74, 6) is 0.396. The van der Waals surface area contributed by atoms with Crippen LogP contribution in [-0.2, 0) is 4.79 Å². The van der Waals surface area contributed by atoms with E-state index in [9.17, 15) is 9.59 Å². The summed E-state index contributed by atoms with van der Waals surface area (Å²) in [5.41, 5.74) is 4.21. The van der Waals surface area contributed by atoms with Crippen molar-refractivity contribution in [3.8, 4) is 0 Å². The molecule has 2 heterocycles. The number of nitrogens with zero attached hydrogens (tertiary/aromatic N) is 2. The molecule has 0 saturated heterocycles. The number of hydrogen-bond donors (Lipinski definition) is 1. The Morgan fingerprint density at radius 2 is 1.68 bits per heavy atom. The Kier molecular flexibility index (Phi) is 3.16. The van der Waals surface area contributed by atoms with E-state index >= 15 is 0 Å². The van der Waals surface area contributed by atoms with Crippen molar-refractivity contribution in [3.05, 3.63) is 50.6 Å². The third-order valence-corrected chi connectivity index (χ3v) is 4.15. The van der Waals surface area contributed by atoms with E-state index in [0.29, 0.717) is 17.2 Å². The Morgan fingerprint density at radius 1 is 1.09 bits per heavy atom. The first-order chi connectivity index (χ1) is 10.3. The van der Waals surface area contributed by atoms with Crippen LogP contribution in [0, 0.1) is 27.7 Å². The van der Waals surface area contributed by atoms with Crippen LogP contribution in [-0.4, -0.2) is 15.9 Å². The van der Waals surface area contributed by atoms with Crippen molar-refractivity contribution in [1.29, 1.82) is 0 Å². The highest BCUT2D eigenvalue weighted by molar-refractivity contribution is 6.09. The van der Waals surface area contributed by atoms with Crippen LogP contribution in [0.4, 0.5) is 11.5 Å². The van der Waals surface area contributed by atoms with Crippen molar-refractivity contribution in [1.82, 2.24) is 9.97 Å². The van der Waals surface area contributed by atoms with Crippen LogP contribution >= 0.6 is 0 Å². The summed E-state index contributed by atoms with van der Waals surface area (Å²) in [6.07, 6.45) is 0. The van der Waals surface area contributed by atoms with Gasteiger partial charge in [-0.2, -0.15) is 0 Å². The number of fused-ring (bicyclic) bond motifs is 1. The van der Waals surface area contributed by atoms with Crippen molar-refractivity contribution in [2.24, 2.45) is 0 Å². The molecule has 1 amide bonds. The minimum absolute atomic E-state index is 0.103. The van der Waals surface area contributed by atoms with Gasteiger partial charge in [0.2, 0.25) is 5.91 Å². The molecule has 114 valence electrons. The third kappa shape index (κ3) is 1.96. The molecule has 1 N–H and O–H groups in total. The maximum Gasteiger partial charge on any atom is 0.257 e. The summed E-state index contributed by atoms with van der Waals surface area (Å²) < 4.78 is 0. The number of benzene rings is 1. The molecule has 3 rings (SSSR count). The van der Waals surface area contributed by atoms with E-state index in [2.05, 4.69) is 9.97 Å². The molecule has 0 fully saturated rings. The number of carbonyl (C=O) groups is 1. The quantitative estimate of drug-likeness (QED) is 0.880. The molecule has 2 aromatic rings. The highest BCUT2D eigenvalue weighted by Gasteiger charge is 2.40. The molecule has 5 nitrogen and oxygen atoms in total. The van der Waals surface area contributed by atoms with Crippen LogP contribution in [0.15, 0.2) is 16.9 Å². The van der Waals surface area contributed by atoms with Gasteiger partial charge in [0.15, 0.2) is 5.82 Å². The Hall–Kier alpha value is -2.43. The highest BCUT2D eigenvalue weighted by Crippen LogP contribution is 2.41. The summed E-state index contributed by atoms with van der Waals surface area (Å²) in [7, 11) is 0. The average molecular weight is 297 g/mol. The van der Waals surface area contributed by atoms with Crippen molar-refractivity contribution >= 4 is 17.4 Å². The van der Waals surface area contributed by atoms with Gasteiger partial charge in [-0.25, -0.2) is 4.98 Å². The lowest BCUT2D eigenvalue weighted by Gasteiger charge is -2.22. The minimum Gasteiger partial charge on any atom is -0.310 e. The van der Waals surface area contributed by atoms with Crippen molar-refractivity contribution in [2.75, 3.05) is 4.90 Å². The van der Waals surface area contributed by atoms with Crippen LogP contribution in [0.5, 0.6) is 0 Å². The molecule has 1 aromatic carbocycles. The van der Waals surface area contributed by atoms with Gasteiger partial charge >= 0.3 is 0 Å². The lowest BCUT2D eigenvalue weighted by Crippen LogP contribution is -2.25. The molecule has 1 atom stereocenters. The Bertz CT molecular complexity index is 828. The molecule has 22 heavy (non-hydrogen) atoms. The van der Waals surface area contributed by atoms with Gasteiger partial charge in [0.1, 0.15) is 5.82 Å². The topological polar surface area (TPSA) is 66.1 Å². The molecule has 0 bridgehead atoms. The molecular formula is C17H19N3O2. The van der Waals surface area contributed by atoms with E-state index < -0.39 is 5.92 Å². The molecule has 1 aromatic heterocycles. The maximum absolute atomic E-state index is 12.7. The number of rotatable bonds is 1. The van der Waals surface area contributed by atoms with E-state index in [1.54, 1.807) is 18.7 Å². The van der Waals surface area contributed by atoms with Crippen LogP contribution in [0.2, 0.25) is 0 Å². The first kappa shape index (κ1) is 14.5. The molecule has 5 heteroatoms. The van der Waals surface area contributed by atoms with Gasteiger partial charge in [-0.15, -0.1) is 0 Å². The number of hydrogen-bond acceptors (Lipinski definition) is 3. The van der Waals surface area contributed by atoms with Gasteiger partial charge in [0.25, 0.3) is 5.56 Å². The Morgan fingerprint density at radius 3 is 2.27 bits per heavy atom. The van der Waals surface area contributed by atoms with Crippen LogP contribution in [0.25, 0.3) is 0 Å². The van der Waals surface area contributed by atoms with Crippen molar-refractivity contribution in [2.45, 2.75) is 40.5 Å². The number of H-pyrrole nitrogens is 1. The van der Waals surface area contributed by atoms with Crippen LogP contribution in [0.3, 0.4) is 0 Å². The summed E-state index contributed by atoms with van der Waals surface area (Å²) in [6.45, 7) is 9.46. The van der Waals surface area contributed by atoms with E-state index in [0.717, 1.165) is 22.4 Å². The number of aryl methyl sites for hydroxylation is 4. The number of anilines is 2. The fourth-order valence-electron chi connectivity index (χ4n) is 3.30. The van der Waals surface area contributed by atoms with Gasteiger partial charge in [0, 0.05) is 0 Å². The number of carbonyl (C=O) groups excluding carboxylic acids is 1. The number of amides is 1. The second kappa shape index (κ2) is 4.80. The van der Waals surface area contributed by atoms with Gasteiger partial charge in [-0.3, -0.25) is 14.5 Å². The third-order valence-electron chi connectivity index (χ3n) is 4.15. The SMILES string of the molecule is Cc1cc(C)c(N2C(=O)C(C)c3c2nc(C)[nH]c3=O)c(C)c1. The van der Waals surface area contributed by atoms with E-state index in [1.807, 2.05) is 32.9 Å². The molecular weight excluding hydrogens is 278 g/mol. The van der Waals surface area contributed by atoms with Crippen molar-refractivity contribution < 1.29 is 4.79 Å². The normalized spacial score (nSPS) is 17.0. The average Bonchev–Trinajstić information content (AvgIpc) is 2.62. The van der Waals surface area contributed by atoms with Gasteiger partial charge < -0.3 is 4.98 Å². The monoisotopic (exact) mass is 297 g/mol. The second-order valence-corrected chi connectivity index (χ2v) is 6.03. The fourth-order valence-corrected chi connectivity index (χ4v) is 3.30. The molecule has 1 unspecified atom stereocenters. The lowest BCUT2D eigenvalue weighted by molar-refractivity contribution is -0.118. The zero-order chi connectivity index (χ0) is 16.2. The second-order valence-electron chi connectivity index (χ2n) is 6.03. The van der Waals surface area contributed by atoms with Crippen LogP contribution in [0.1, 0.15) is 40.9 Å². The highest BCUT2D eigenvalue weighted by atomic mass is 16.2. The van der Waals surface area contributed by atoms with Crippen LogP contribution < -0.4 is 10.5 Å². The first-order valence-electron chi connectivity index (χ1n) is 7.34. The fraction of sp³-hybridized carbons (Fsp3) is 0.353. The predicted octanol–water partition coefficient (Wildman–Crippen LogP) is 2.79. The van der Waals surface area contributed by atoms with E-state index in [4.69, 9.17) is 0 Å². The van der Waals surface area contributed by atoms with Crippen molar-refractivity contribution in [3.63, 3.8) is 0 Å². The minimum atomic E-state index is -0.480. The molecule has 0 saturated carbocycles. The summed E-state index contributed by atoms with van der Waals surface area (Å²) in [6, 6.07) is 4.08. The molecule has 1 aliphatic rings. The Labute approximate surface area is 129 Å². The number of nitrogens with one attached hydrogen (secondary N) is 1. The zero-order valence-corrected chi connectivity index (χ0v) is 13.4. The zero-order valence-electron chi connectivity index (χ0n) is 13.4. The first-order valence-corrected chi connectivity index (χ1v) is 7.34. The summed E-state index contributed by atoms with van der Waals surface area (Å²) in [5, 5.41) is 0. The summed E-state index contributed by atoms with van der Waals surface area (Å²) >= 11 is 0. The Balaban J connectivity index is 2.32. The molecule has 1 aliphatic heterocycles. The molecule has 0 spiro atoms. The number of aromatic nitrogens is 2. The largest absolute Gasteiger partial charge is 0.310 e. The standard InChI is InChI=1S/C17H19N3O2/c1-8-6-9(2)14(10(3)7-8)20-15-13(11(4)17(20)22)16(21)19-12(5)18-15/h6-7,11H,1-5H3,(H,18,19,21). The molecule has 0 aliphatic carbocycles. The summed E-state index contributed by atoms with van der Waals surface area (Å²) in [4.78, 5) is 33.7.